The fourth-order valence-corrected chi connectivity index (χ4v) is 1.96. The van der Waals surface area contributed by atoms with Crippen LogP contribution in [0.2, 0.25) is 0 Å². The van der Waals surface area contributed by atoms with Crippen LogP contribution >= 0.6 is 0 Å². The molecule has 0 aliphatic carbocycles. The molecule has 3 nitrogen and oxygen atoms in total. The Morgan fingerprint density at radius 3 is 3.07 bits per heavy atom. The van der Waals surface area contributed by atoms with Gasteiger partial charge in [0.2, 0.25) is 0 Å². The Hall–Kier alpha value is -1.38. The van der Waals surface area contributed by atoms with E-state index in [1.54, 1.807) is 6.20 Å². The third kappa shape index (κ3) is 2.01. The molecule has 1 aliphatic heterocycles. The molecular weight excluding hydrogens is 188 g/mol. The molecule has 0 aromatic carbocycles. The second kappa shape index (κ2) is 4.01. The molecule has 2 rings (SSSR count). The number of aromatic nitrogens is 1. The highest BCUT2D eigenvalue weighted by atomic mass is 16.1. The molecule has 0 bridgehead atoms. The van der Waals surface area contributed by atoms with Crippen LogP contribution in [0.3, 0.4) is 0 Å². The summed E-state index contributed by atoms with van der Waals surface area (Å²) in [4.78, 5) is 18.2. The van der Waals surface area contributed by atoms with Crippen LogP contribution in [0.1, 0.15) is 30.6 Å². The molecule has 3 heteroatoms. The number of nitrogens with zero attached hydrogens (tertiary/aromatic N) is 2. The number of pyridine rings is 1. The Balaban J connectivity index is 2.32. The molecule has 0 atom stereocenters. The summed E-state index contributed by atoms with van der Waals surface area (Å²) < 4.78 is 0. The first-order chi connectivity index (χ1) is 7.18. The van der Waals surface area contributed by atoms with Crippen LogP contribution < -0.4 is 4.90 Å². The van der Waals surface area contributed by atoms with Crippen molar-refractivity contribution in [3.63, 3.8) is 0 Å². The quantitative estimate of drug-likeness (QED) is 0.740. The van der Waals surface area contributed by atoms with Crippen LogP contribution in [-0.2, 0) is 0 Å². The van der Waals surface area contributed by atoms with Crippen LogP contribution in [0.25, 0.3) is 0 Å². The van der Waals surface area contributed by atoms with E-state index in [0.29, 0.717) is 12.3 Å². The molecule has 0 unspecified atom stereocenters. The molecule has 1 aromatic heterocycles. The Morgan fingerprint density at radius 1 is 1.53 bits per heavy atom. The van der Waals surface area contributed by atoms with Crippen LogP contribution in [0.15, 0.2) is 18.3 Å². The standard InChI is InChI=1S/C12H16N2O/c1-9(2)8-14-7-5-11(15)10-4-3-6-13-12(10)14/h3-4,6,9H,5,7-8H2,1-2H3. The summed E-state index contributed by atoms with van der Waals surface area (Å²) in [6, 6.07) is 3.70. The molecule has 1 aromatic rings. The van der Waals surface area contributed by atoms with Crippen molar-refractivity contribution < 1.29 is 4.79 Å². The number of ketones is 1. The van der Waals surface area contributed by atoms with Gasteiger partial charge in [0.05, 0.1) is 5.56 Å². The zero-order valence-electron chi connectivity index (χ0n) is 9.23. The van der Waals surface area contributed by atoms with Crippen LogP contribution in [0, 0.1) is 5.92 Å². The van der Waals surface area contributed by atoms with Crippen molar-refractivity contribution in [2.24, 2.45) is 5.92 Å². The van der Waals surface area contributed by atoms with E-state index in [2.05, 4.69) is 23.7 Å². The lowest BCUT2D eigenvalue weighted by Crippen LogP contribution is -2.35. The fraction of sp³-hybridized carbons (Fsp3) is 0.500. The maximum Gasteiger partial charge on any atom is 0.168 e. The number of hydrogen-bond acceptors (Lipinski definition) is 3. The van der Waals surface area contributed by atoms with Gasteiger partial charge in [-0.1, -0.05) is 13.8 Å². The number of carbonyl (C=O) groups excluding carboxylic acids is 1. The average molecular weight is 204 g/mol. The van der Waals surface area contributed by atoms with Gasteiger partial charge in [0.15, 0.2) is 5.78 Å². The summed E-state index contributed by atoms with van der Waals surface area (Å²) in [5.74, 6) is 1.67. The molecule has 1 aliphatic rings. The highest BCUT2D eigenvalue weighted by Gasteiger charge is 2.23. The second-order valence-corrected chi connectivity index (χ2v) is 4.39. The molecule has 0 spiro atoms. The first kappa shape index (κ1) is 10.1. The van der Waals surface area contributed by atoms with E-state index >= 15 is 0 Å². The minimum Gasteiger partial charge on any atom is -0.355 e. The maximum absolute atomic E-state index is 11.7. The Morgan fingerprint density at radius 2 is 2.33 bits per heavy atom. The summed E-state index contributed by atoms with van der Waals surface area (Å²) in [6.07, 6.45) is 2.37. The van der Waals surface area contributed by atoms with Gasteiger partial charge in [-0.3, -0.25) is 4.79 Å². The largest absolute Gasteiger partial charge is 0.355 e. The summed E-state index contributed by atoms with van der Waals surface area (Å²) in [5.41, 5.74) is 0.782. The van der Waals surface area contributed by atoms with Gasteiger partial charge in [-0.25, -0.2) is 4.98 Å². The van der Waals surface area contributed by atoms with Crippen LogP contribution in [0.4, 0.5) is 5.82 Å². The molecule has 15 heavy (non-hydrogen) atoms. The van der Waals surface area contributed by atoms with Crippen molar-refractivity contribution in [3.8, 4) is 0 Å². The van der Waals surface area contributed by atoms with Crippen LogP contribution in [0.5, 0.6) is 0 Å². The van der Waals surface area contributed by atoms with Gasteiger partial charge in [0.1, 0.15) is 5.82 Å². The highest BCUT2D eigenvalue weighted by Crippen LogP contribution is 2.24. The minimum absolute atomic E-state index is 0.220. The lowest BCUT2D eigenvalue weighted by molar-refractivity contribution is 0.0979. The topological polar surface area (TPSA) is 33.2 Å². The molecule has 0 amide bonds. The van der Waals surface area contributed by atoms with Crippen molar-refractivity contribution in [1.82, 2.24) is 4.98 Å². The Labute approximate surface area is 90.1 Å². The van der Waals surface area contributed by atoms with E-state index < -0.39 is 0 Å². The smallest absolute Gasteiger partial charge is 0.168 e. The van der Waals surface area contributed by atoms with Crippen molar-refractivity contribution in [2.75, 3.05) is 18.0 Å². The Bertz CT molecular complexity index is 374. The SMILES string of the molecule is CC(C)CN1CCC(=O)c2cccnc21. The molecule has 0 saturated heterocycles. The summed E-state index contributed by atoms with van der Waals surface area (Å²) in [5, 5.41) is 0. The molecule has 80 valence electrons. The minimum atomic E-state index is 0.220. The second-order valence-electron chi connectivity index (χ2n) is 4.39. The summed E-state index contributed by atoms with van der Waals surface area (Å²) in [6.45, 7) is 6.14. The van der Waals surface area contributed by atoms with Gasteiger partial charge >= 0.3 is 0 Å². The van der Waals surface area contributed by atoms with Gasteiger partial charge < -0.3 is 4.90 Å². The number of rotatable bonds is 2. The zero-order chi connectivity index (χ0) is 10.8. The van der Waals surface area contributed by atoms with Gasteiger partial charge in [0.25, 0.3) is 0 Å². The Kier molecular flexibility index (Phi) is 2.71. The molecule has 2 heterocycles. The lowest BCUT2D eigenvalue weighted by atomic mass is 10.0. The van der Waals surface area contributed by atoms with E-state index in [9.17, 15) is 4.79 Å². The number of Topliss-reactive ketones (excluding diaryl/α,β-unsaturated/α-hetero) is 1. The number of fused-ring (bicyclic) bond motifs is 1. The predicted molar refractivity (Wildman–Crippen MR) is 60.2 cm³/mol. The van der Waals surface area contributed by atoms with Crippen molar-refractivity contribution >= 4 is 11.6 Å². The first-order valence-corrected chi connectivity index (χ1v) is 5.41. The van der Waals surface area contributed by atoms with Gasteiger partial charge in [-0.05, 0) is 18.1 Å². The van der Waals surface area contributed by atoms with E-state index in [4.69, 9.17) is 0 Å². The van der Waals surface area contributed by atoms with Gasteiger partial charge in [-0.2, -0.15) is 0 Å². The van der Waals surface area contributed by atoms with E-state index in [-0.39, 0.29) is 5.78 Å². The van der Waals surface area contributed by atoms with Gasteiger partial charge in [0, 0.05) is 25.7 Å². The monoisotopic (exact) mass is 204 g/mol. The number of hydrogen-bond donors (Lipinski definition) is 0. The van der Waals surface area contributed by atoms with Crippen molar-refractivity contribution in [3.05, 3.63) is 23.9 Å². The number of anilines is 1. The van der Waals surface area contributed by atoms with E-state index in [1.807, 2.05) is 12.1 Å². The summed E-state index contributed by atoms with van der Waals surface area (Å²) >= 11 is 0. The molecule has 0 saturated carbocycles. The number of carbonyl (C=O) groups is 1. The van der Waals surface area contributed by atoms with E-state index in [1.165, 1.54) is 0 Å². The third-order valence-corrected chi connectivity index (χ3v) is 2.58. The molecule has 0 fully saturated rings. The zero-order valence-corrected chi connectivity index (χ0v) is 9.23. The van der Waals surface area contributed by atoms with E-state index in [0.717, 1.165) is 24.5 Å². The molecule has 0 radical (unpaired) electrons. The van der Waals surface area contributed by atoms with Gasteiger partial charge in [-0.15, -0.1) is 0 Å². The molecule has 0 N–H and O–H groups in total. The highest BCUT2D eigenvalue weighted by molar-refractivity contribution is 6.02. The average Bonchev–Trinajstić information content (AvgIpc) is 2.22. The normalized spacial score (nSPS) is 15.7. The third-order valence-electron chi connectivity index (χ3n) is 2.58. The summed E-state index contributed by atoms with van der Waals surface area (Å²) in [7, 11) is 0. The lowest BCUT2D eigenvalue weighted by Gasteiger charge is -2.30. The predicted octanol–water partition coefficient (Wildman–Crippen LogP) is 2.13. The fourth-order valence-electron chi connectivity index (χ4n) is 1.96. The maximum atomic E-state index is 11.7. The first-order valence-electron chi connectivity index (χ1n) is 5.41. The van der Waals surface area contributed by atoms with Crippen LogP contribution in [-0.4, -0.2) is 23.9 Å². The molecular formula is C12H16N2O. The van der Waals surface area contributed by atoms with Crippen molar-refractivity contribution in [2.45, 2.75) is 20.3 Å². The van der Waals surface area contributed by atoms with Crippen molar-refractivity contribution in [1.29, 1.82) is 0 Å².